The third-order valence-corrected chi connectivity index (χ3v) is 13.4. The zero-order valence-electron chi connectivity index (χ0n) is 29.8. The van der Waals surface area contributed by atoms with E-state index in [-0.39, 0.29) is 31.4 Å². The summed E-state index contributed by atoms with van der Waals surface area (Å²) in [5.74, 6) is -1.56. The first-order valence-electron chi connectivity index (χ1n) is 19.3. The van der Waals surface area contributed by atoms with Gasteiger partial charge in [0.2, 0.25) is 27.7 Å². The van der Waals surface area contributed by atoms with E-state index in [0.717, 1.165) is 50.5 Å². The first-order chi connectivity index (χ1) is 25.6. The van der Waals surface area contributed by atoms with Gasteiger partial charge in [0, 0.05) is 12.3 Å². The van der Waals surface area contributed by atoms with Crippen molar-refractivity contribution in [2.75, 3.05) is 6.54 Å². The van der Waals surface area contributed by atoms with Crippen molar-refractivity contribution in [2.45, 2.75) is 131 Å². The number of para-hydroxylation sites is 2. The quantitative estimate of drug-likeness (QED) is 0.392. The molecule has 4 heterocycles. The van der Waals surface area contributed by atoms with Crippen LogP contribution < -0.4 is 20.1 Å². The van der Waals surface area contributed by atoms with Crippen LogP contribution in [-0.4, -0.2) is 88.7 Å². The Kier molecular flexibility index (Phi) is 9.79. The van der Waals surface area contributed by atoms with Crippen molar-refractivity contribution >= 4 is 44.9 Å². The van der Waals surface area contributed by atoms with Crippen LogP contribution in [0.2, 0.25) is 0 Å². The number of alkyl carbamates (subject to hydrolysis) is 1. The van der Waals surface area contributed by atoms with E-state index in [9.17, 15) is 27.6 Å². The number of fused-ring (bicyclic) bond motifs is 6. The Morgan fingerprint density at radius 3 is 2.51 bits per heavy atom. The van der Waals surface area contributed by atoms with Crippen molar-refractivity contribution in [3.8, 4) is 5.88 Å². The second-order valence-corrected chi connectivity index (χ2v) is 17.7. The number of amides is 4. The number of hydrogen-bond donors (Lipinski definition) is 3. The molecule has 14 nitrogen and oxygen atoms in total. The van der Waals surface area contributed by atoms with Crippen LogP contribution in [0.1, 0.15) is 95.6 Å². The predicted molar refractivity (Wildman–Crippen MR) is 193 cm³/mol. The molecule has 6 aliphatic rings. The average molecular weight is 749 g/mol. The smallest absolute Gasteiger partial charge is 0.408 e. The van der Waals surface area contributed by atoms with Crippen LogP contribution >= 0.6 is 0 Å². The summed E-state index contributed by atoms with van der Waals surface area (Å²) in [5.41, 5.74) is 0.652. The van der Waals surface area contributed by atoms with Gasteiger partial charge in [0.25, 0.3) is 5.91 Å². The Bertz CT molecular complexity index is 1920. The van der Waals surface area contributed by atoms with Gasteiger partial charge in [-0.25, -0.2) is 23.2 Å². The normalized spacial score (nSPS) is 33.1. The number of ether oxygens (including phenoxy) is 2. The summed E-state index contributed by atoms with van der Waals surface area (Å²) in [4.78, 5) is 67.0. The van der Waals surface area contributed by atoms with E-state index in [2.05, 4.69) is 15.4 Å². The molecule has 3 N–H and O–H groups in total. The molecule has 0 spiro atoms. The molecular weight excluding hydrogens is 701 g/mol. The molecule has 0 unspecified atom stereocenters. The Hall–Kier alpha value is -4.27. The zero-order chi connectivity index (χ0) is 36.7. The number of aromatic nitrogens is 2. The first kappa shape index (κ1) is 35.7. The monoisotopic (exact) mass is 748 g/mol. The highest BCUT2D eigenvalue weighted by Gasteiger charge is 2.62. The molecule has 3 aliphatic heterocycles. The summed E-state index contributed by atoms with van der Waals surface area (Å²) in [6.45, 7) is 0.0291. The third kappa shape index (κ3) is 7.85. The topological polar surface area (TPSA) is 186 Å². The number of allylic oxidation sites excluding steroid dienone is 1. The van der Waals surface area contributed by atoms with Gasteiger partial charge in [0.15, 0.2) is 0 Å². The molecule has 4 fully saturated rings. The Morgan fingerprint density at radius 2 is 1.70 bits per heavy atom. The lowest BCUT2D eigenvalue weighted by atomic mass is 10.0. The molecular formula is C38H48N6O8S. The minimum Gasteiger partial charge on any atom is -0.471 e. The van der Waals surface area contributed by atoms with Crippen LogP contribution in [0.25, 0.3) is 11.0 Å². The summed E-state index contributed by atoms with van der Waals surface area (Å²) in [7, 11) is -3.87. The molecule has 3 aliphatic carbocycles. The molecule has 2 aromatic rings. The molecule has 284 valence electrons. The number of aryl methyl sites for hydroxylation is 1. The number of sulfonamides is 1. The molecule has 53 heavy (non-hydrogen) atoms. The van der Waals surface area contributed by atoms with Crippen LogP contribution in [0.3, 0.4) is 0 Å². The van der Waals surface area contributed by atoms with Crippen molar-refractivity contribution in [3.05, 3.63) is 42.1 Å². The summed E-state index contributed by atoms with van der Waals surface area (Å²) in [6, 6.07) is 5.55. The predicted octanol–water partition coefficient (Wildman–Crippen LogP) is 3.58. The van der Waals surface area contributed by atoms with Gasteiger partial charge in [-0.1, -0.05) is 50.0 Å². The number of rotatable bonds is 3. The Balaban J connectivity index is 1.12. The highest BCUT2D eigenvalue weighted by Crippen LogP contribution is 2.46. The molecule has 7 atom stereocenters. The van der Waals surface area contributed by atoms with E-state index in [1.54, 1.807) is 0 Å². The van der Waals surface area contributed by atoms with Gasteiger partial charge in [-0.15, -0.1) is 0 Å². The average Bonchev–Trinajstić information content (AvgIpc) is 4.06. The number of nitrogens with one attached hydrogen (secondary N) is 3. The van der Waals surface area contributed by atoms with E-state index in [4.69, 9.17) is 19.4 Å². The third-order valence-electron chi connectivity index (χ3n) is 11.6. The molecule has 4 amide bonds. The van der Waals surface area contributed by atoms with Crippen LogP contribution in [0, 0.1) is 11.8 Å². The van der Waals surface area contributed by atoms with Gasteiger partial charge in [0.05, 0.1) is 22.8 Å². The van der Waals surface area contributed by atoms with Crippen molar-refractivity contribution in [1.82, 2.24) is 30.2 Å². The van der Waals surface area contributed by atoms with Crippen molar-refractivity contribution in [3.63, 3.8) is 0 Å². The van der Waals surface area contributed by atoms with Crippen molar-refractivity contribution in [2.24, 2.45) is 11.8 Å². The molecule has 1 aromatic heterocycles. The standard InChI is InChI=1S/C38H48N6O8S/c45-33-31-20-25-22-44(31)35(46)30(16-7-3-1-2-6-12-24-21-38(24,42-33)36(47)43-53(49,50)26-17-18-26)41-37(48)52-32-19-23(32)11-5-4-8-15-29-34(51-25)40-28-14-10-9-13-27(28)39-29/h6,9-10,12-14,23-26,30-32H,1-5,7-8,11,15-22H2,(H,41,48)(H,42,45)(H,43,47)/b12-6-/t23-,24-,25-,30+,31+,32-,38-/m1/s1. The van der Waals surface area contributed by atoms with Crippen LogP contribution in [-0.2, 0) is 35.6 Å². The number of benzene rings is 1. The lowest BCUT2D eigenvalue weighted by Crippen LogP contribution is -2.58. The summed E-state index contributed by atoms with van der Waals surface area (Å²) >= 11 is 0. The van der Waals surface area contributed by atoms with Crippen molar-refractivity contribution in [1.29, 1.82) is 0 Å². The van der Waals surface area contributed by atoms with Crippen LogP contribution in [0.15, 0.2) is 36.4 Å². The van der Waals surface area contributed by atoms with E-state index in [1.807, 2.05) is 36.4 Å². The van der Waals surface area contributed by atoms with Gasteiger partial charge in [-0.2, -0.15) is 0 Å². The fraction of sp³-hybridized carbons (Fsp3) is 0.632. The molecule has 0 radical (unpaired) electrons. The molecule has 3 saturated carbocycles. The maximum absolute atomic E-state index is 14.5. The SMILES string of the molecule is O=C1N[C@H]2CCCCC/C=C\[C@@H]3C[C@@]3(C(=O)NS(=O)(=O)C3CC3)NC(=O)[C@@H]3C[C@H](CN3C2=O)Oc2nc3ccccc3nc2CCCCC[C@@H]2C[C@H]2O1. The maximum atomic E-state index is 14.5. The zero-order valence-corrected chi connectivity index (χ0v) is 30.7. The lowest BCUT2D eigenvalue weighted by molar-refractivity contribution is -0.141. The Morgan fingerprint density at radius 1 is 0.925 bits per heavy atom. The van der Waals surface area contributed by atoms with Gasteiger partial charge in [0.1, 0.15) is 35.5 Å². The lowest BCUT2D eigenvalue weighted by Gasteiger charge is -2.29. The number of nitrogens with zero attached hydrogens (tertiary/aromatic N) is 3. The highest BCUT2D eigenvalue weighted by atomic mass is 32.2. The van der Waals surface area contributed by atoms with Gasteiger partial charge >= 0.3 is 6.09 Å². The molecule has 1 aromatic carbocycles. The maximum Gasteiger partial charge on any atom is 0.408 e. The fourth-order valence-corrected chi connectivity index (χ4v) is 9.50. The first-order valence-corrected chi connectivity index (χ1v) is 20.9. The fourth-order valence-electron chi connectivity index (χ4n) is 8.14. The number of hydrogen-bond acceptors (Lipinski definition) is 10. The van der Waals surface area contributed by atoms with E-state index in [1.165, 1.54) is 4.90 Å². The molecule has 1 saturated heterocycles. The largest absolute Gasteiger partial charge is 0.471 e. The minimum atomic E-state index is -3.87. The molecule has 15 heteroatoms. The van der Waals surface area contributed by atoms with Crippen LogP contribution in [0.4, 0.5) is 4.79 Å². The number of carbonyl (C=O) groups is 4. The van der Waals surface area contributed by atoms with Gasteiger partial charge in [-0.3, -0.25) is 19.1 Å². The second-order valence-electron chi connectivity index (χ2n) is 15.7. The van der Waals surface area contributed by atoms with E-state index in [0.29, 0.717) is 55.6 Å². The summed E-state index contributed by atoms with van der Waals surface area (Å²) < 4.78 is 40.2. The van der Waals surface area contributed by atoms with E-state index >= 15 is 0 Å². The Labute approximate surface area is 309 Å². The number of carbonyl (C=O) groups excluding carboxylic acids is 4. The van der Waals surface area contributed by atoms with Gasteiger partial charge in [-0.05, 0) is 82.3 Å². The molecule has 3 bridgehead atoms. The minimum absolute atomic E-state index is 0.0291. The second kappa shape index (κ2) is 14.5. The highest BCUT2D eigenvalue weighted by molar-refractivity contribution is 7.91. The summed E-state index contributed by atoms with van der Waals surface area (Å²) in [5, 5.41) is 5.13. The van der Waals surface area contributed by atoms with Crippen molar-refractivity contribution < 1.29 is 37.1 Å². The van der Waals surface area contributed by atoms with Gasteiger partial charge < -0.3 is 25.0 Å². The summed E-state index contributed by atoms with van der Waals surface area (Å²) in [6.07, 6.45) is 12.2. The molecule has 8 rings (SSSR count). The van der Waals surface area contributed by atoms with Crippen LogP contribution in [0.5, 0.6) is 5.88 Å². The van der Waals surface area contributed by atoms with E-state index < -0.39 is 68.7 Å².